The maximum absolute atomic E-state index is 11.8. The molecule has 0 saturated carbocycles. The Bertz CT molecular complexity index is 581. The van der Waals surface area contributed by atoms with Gasteiger partial charge in [-0.05, 0) is 18.6 Å². The third-order valence-corrected chi connectivity index (χ3v) is 3.63. The Morgan fingerprint density at radius 3 is 2.45 bits per heavy atom. The molecule has 1 amide bonds. The molecule has 0 atom stereocenters. The highest BCUT2D eigenvalue weighted by Crippen LogP contribution is 2.15. The Morgan fingerprint density at radius 1 is 1.35 bits per heavy atom. The lowest BCUT2D eigenvalue weighted by molar-refractivity contribution is -0.384. The predicted octanol–water partition coefficient (Wildman–Crippen LogP) is 1.81. The lowest BCUT2D eigenvalue weighted by Crippen LogP contribution is -2.31. The fourth-order valence-electron chi connectivity index (χ4n) is 1.25. The van der Waals surface area contributed by atoms with Crippen LogP contribution in [-0.2, 0) is 14.8 Å². The van der Waals surface area contributed by atoms with Crippen molar-refractivity contribution < 1.29 is 22.9 Å². The van der Waals surface area contributed by atoms with Gasteiger partial charge in [-0.3, -0.25) is 10.1 Å². The molecule has 0 aromatic heterocycles. The van der Waals surface area contributed by atoms with Gasteiger partial charge in [0.2, 0.25) is 0 Å². The minimum atomic E-state index is -4.09. The summed E-state index contributed by atoms with van der Waals surface area (Å²) in [6.45, 7) is 2.02. The number of sulfonamides is 1. The molecule has 1 aromatic rings. The molecule has 9 heteroatoms. The SMILES string of the molecule is CCCCOC(=O)NS(=O)(=O)c1ccc([N+](=O)[O-])cc1. The highest BCUT2D eigenvalue weighted by molar-refractivity contribution is 7.90. The summed E-state index contributed by atoms with van der Waals surface area (Å²) < 4.78 is 29.9. The zero-order valence-corrected chi connectivity index (χ0v) is 11.6. The number of amides is 1. The second kappa shape index (κ2) is 6.85. The second-order valence-corrected chi connectivity index (χ2v) is 5.53. The van der Waals surface area contributed by atoms with E-state index in [-0.39, 0.29) is 17.2 Å². The Labute approximate surface area is 115 Å². The van der Waals surface area contributed by atoms with Crippen molar-refractivity contribution in [2.24, 2.45) is 0 Å². The number of carbonyl (C=O) groups is 1. The van der Waals surface area contributed by atoms with Crippen LogP contribution in [0.25, 0.3) is 0 Å². The smallest absolute Gasteiger partial charge is 0.421 e. The van der Waals surface area contributed by atoms with Crippen molar-refractivity contribution in [3.05, 3.63) is 34.4 Å². The van der Waals surface area contributed by atoms with E-state index in [2.05, 4.69) is 4.74 Å². The lowest BCUT2D eigenvalue weighted by atomic mass is 10.3. The van der Waals surface area contributed by atoms with Crippen molar-refractivity contribution in [1.82, 2.24) is 4.72 Å². The summed E-state index contributed by atoms with van der Waals surface area (Å²) in [5, 5.41) is 10.5. The summed E-state index contributed by atoms with van der Waals surface area (Å²) in [6.07, 6.45) is 0.365. The molecule has 20 heavy (non-hydrogen) atoms. The van der Waals surface area contributed by atoms with Gasteiger partial charge in [0.1, 0.15) is 0 Å². The topological polar surface area (TPSA) is 116 Å². The molecule has 1 N–H and O–H groups in total. The highest BCUT2D eigenvalue weighted by atomic mass is 32.2. The number of benzene rings is 1. The first-order chi connectivity index (χ1) is 9.36. The largest absolute Gasteiger partial charge is 0.449 e. The van der Waals surface area contributed by atoms with Crippen molar-refractivity contribution in [2.45, 2.75) is 24.7 Å². The van der Waals surface area contributed by atoms with E-state index in [1.165, 1.54) is 0 Å². The first-order valence-corrected chi connectivity index (χ1v) is 7.29. The summed E-state index contributed by atoms with van der Waals surface area (Å²) in [7, 11) is -4.09. The number of hydrogen-bond donors (Lipinski definition) is 1. The zero-order chi connectivity index (χ0) is 15.2. The van der Waals surface area contributed by atoms with Gasteiger partial charge >= 0.3 is 6.09 Å². The van der Waals surface area contributed by atoms with Crippen LogP contribution in [0.3, 0.4) is 0 Å². The van der Waals surface area contributed by atoms with Gasteiger partial charge in [-0.25, -0.2) is 17.9 Å². The average Bonchev–Trinajstić information content (AvgIpc) is 2.38. The first kappa shape index (κ1) is 15.9. The predicted molar refractivity (Wildman–Crippen MR) is 69.7 cm³/mol. The maximum Gasteiger partial charge on any atom is 0.421 e. The Hall–Kier alpha value is -2.16. The van der Waals surface area contributed by atoms with E-state index in [1.54, 1.807) is 4.72 Å². The minimum Gasteiger partial charge on any atom is -0.449 e. The van der Waals surface area contributed by atoms with Crippen LogP contribution in [0.2, 0.25) is 0 Å². The molecule has 0 radical (unpaired) electrons. The van der Waals surface area contributed by atoms with E-state index < -0.39 is 21.0 Å². The monoisotopic (exact) mass is 302 g/mol. The number of unbranched alkanes of at least 4 members (excludes halogenated alkanes) is 1. The molecule has 1 rings (SSSR count). The van der Waals surface area contributed by atoms with Crippen molar-refractivity contribution in [3.8, 4) is 0 Å². The number of hydrogen-bond acceptors (Lipinski definition) is 6. The number of carbonyl (C=O) groups excluding carboxylic acids is 1. The third kappa shape index (κ3) is 4.50. The molecule has 110 valence electrons. The average molecular weight is 302 g/mol. The number of nitrogens with zero attached hydrogens (tertiary/aromatic N) is 1. The van der Waals surface area contributed by atoms with Crippen LogP contribution >= 0.6 is 0 Å². The van der Waals surface area contributed by atoms with Crippen molar-refractivity contribution in [3.63, 3.8) is 0 Å². The summed E-state index contributed by atoms with van der Waals surface area (Å²) in [5.74, 6) is 0. The lowest BCUT2D eigenvalue weighted by Gasteiger charge is -2.07. The van der Waals surface area contributed by atoms with Gasteiger partial charge in [-0.1, -0.05) is 13.3 Å². The third-order valence-electron chi connectivity index (χ3n) is 2.31. The Balaban J connectivity index is 2.73. The molecule has 0 aliphatic rings. The second-order valence-electron chi connectivity index (χ2n) is 3.85. The van der Waals surface area contributed by atoms with Crippen LogP contribution in [0.1, 0.15) is 19.8 Å². The van der Waals surface area contributed by atoms with Gasteiger partial charge in [-0.2, -0.15) is 0 Å². The highest BCUT2D eigenvalue weighted by Gasteiger charge is 2.19. The molecule has 0 unspecified atom stereocenters. The summed E-state index contributed by atoms with van der Waals surface area (Å²) in [6, 6.07) is 4.16. The molecule has 1 aromatic carbocycles. The van der Waals surface area contributed by atoms with Crippen LogP contribution in [0.5, 0.6) is 0 Å². The van der Waals surface area contributed by atoms with E-state index in [9.17, 15) is 23.3 Å². The quantitative estimate of drug-likeness (QED) is 0.486. The van der Waals surface area contributed by atoms with E-state index in [4.69, 9.17) is 0 Å². The van der Waals surface area contributed by atoms with Crippen molar-refractivity contribution in [2.75, 3.05) is 6.61 Å². The van der Waals surface area contributed by atoms with Gasteiger partial charge in [0.05, 0.1) is 16.4 Å². The molecule has 8 nitrogen and oxygen atoms in total. The van der Waals surface area contributed by atoms with Gasteiger partial charge in [-0.15, -0.1) is 0 Å². The Morgan fingerprint density at radius 2 is 1.95 bits per heavy atom. The van der Waals surface area contributed by atoms with Gasteiger partial charge in [0.25, 0.3) is 15.7 Å². The number of rotatable bonds is 6. The zero-order valence-electron chi connectivity index (χ0n) is 10.7. The molecule has 0 aliphatic heterocycles. The van der Waals surface area contributed by atoms with E-state index >= 15 is 0 Å². The first-order valence-electron chi connectivity index (χ1n) is 5.81. The Kier molecular flexibility index (Phi) is 5.44. The van der Waals surface area contributed by atoms with Crippen LogP contribution in [0.15, 0.2) is 29.2 Å². The number of ether oxygens (including phenoxy) is 1. The van der Waals surface area contributed by atoms with Crippen molar-refractivity contribution in [1.29, 1.82) is 0 Å². The van der Waals surface area contributed by atoms with Crippen LogP contribution in [0, 0.1) is 10.1 Å². The number of nitro groups is 1. The summed E-state index contributed by atoms with van der Waals surface area (Å²) >= 11 is 0. The standard InChI is InChI=1S/C11H14N2O6S/c1-2-3-8-19-11(14)12-20(17,18)10-6-4-9(5-7-10)13(15)16/h4-7H,2-3,8H2,1H3,(H,12,14). The van der Waals surface area contributed by atoms with E-state index in [1.807, 2.05) is 6.92 Å². The minimum absolute atomic E-state index is 0.123. The van der Waals surface area contributed by atoms with Gasteiger partial charge in [0, 0.05) is 12.1 Å². The van der Waals surface area contributed by atoms with Crippen molar-refractivity contribution >= 4 is 21.8 Å². The molecule has 0 bridgehead atoms. The molecule has 0 heterocycles. The molecule has 0 aliphatic carbocycles. The normalized spacial score (nSPS) is 10.8. The van der Waals surface area contributed by atoms with Gasteiger partial charge in [0.15, 0.2) is 0 Å². The maximum atomic E-state index is 11.8. The summed E-state index contributed by atoms with van der Waals surface area (Å²) in [5.41, 5.74) is -0.241. The van der Waals surface area contributed by atoms with Gasteiger partial charge < -0.3 is 4.74 Å². The fourth-order valence-corrected chi connectivity index (χ4v) is 2.14. The van der Waals surface area contributed by atoms with E-state index in [0.29, 0.717) is 6.42 Å². The van der Waals surface area contributed by atoms with E-state index in [0.717, 1.165) is 30.7 Å². The number of non-ortho nitro benzene ring substituents is 1. The molecule has 0 saturated heterocycles. The molecular weight excluding hydrogens is 288 g/mol. The number of nitrogens with one attached hydrogen (secondary N) is 1. The van der Waals surface area contributed by atoms with Crippen LogP contribution in [0.4, 0.5) is 10.5 Å². The fraction of sp³-hybridized carbons (Fsp3) is 0.364. The molecule has 0 spiro atoms. The van der Waals surface area contributed by atoms with Crippen LogP contribution < -0.4 is 4.72 Å². The molecular formula is C11H14N2O6S. The molecule has 0 fully saturated rings. The van der Waals surface area contributed by atoms with Crippen LogP contribution in [-0.4, -0.2) is 26.0 Å². The number of nitro benzene ring substituents is 1. The summed E-state index contributed by atoms with van der Waals surface area (Å²) in [4.78, 5) is 20.8.